The fraction of sp³-hybridized carbons (Fsp3) is 0.267. The molecule has 0 N–H and O–H groups in total. The van der Waals surface area contributed by atoms with Crippen molar-refractivity contribution in [2.24, 2.45) is 0 Å². The van der Waals surface area contributed by atoms with Crippen molar-refractivity contribution in [2.75, 3.05) is 6.61 Å². The summed E-state index contributed by atoms with van der Waals surface area (Å²) in [5.74, 6) is 0.0899. The number of unbranched alkanes of at least 4 members (excludes halogenated alkanes) is 2. The van der Waals surface area contributed by atoms with E-state index in [1.807, 2.05) is 37.3 Å². The molecule has 5 rings (SSSR count). The molecule has 0 aliphatic carbocycles. The first-order valence-corrected chi connectivity index (χ1v) is 12.3. The number of carbonyl (C=O) groups excluding carboxylic acids is 1. The number of nitrogens with zero attached hydrogens (tertiary/aromatic N) is 1. The number of carbonyl (C=O) groups is 1. The monoisotopic (exact) mass is 485 g/mol. The Bertz CT molecular complexity index is 1460. The van der Waals surface area contributed by atoms with Crippen molar-refractivity contribution in [3.8, 4) is 5.75 Å². The molecule has 36 heavy (non-hydrogen) atoms. The Morgan fingerprint density at radius 2 is 1.72 bits per heavy atom. The van der Waals surface area contributed by atoms with Crippen LogP contribution in [-0.2, 0) is 6.54 Å². The molecule has 0 saturated carbocycles. The van der Waals surface area contributed by atoms with Gasteiger partial charge in [-0.05, 0) is 60.9 Å². The molecule has 0 saturated heterocycles. The number of hydrogen-bond acceptors (Lipinski definition) is 4. The minimum absolute atomic E-state index is 0.0587. The van der Waals surface area contributed by atoms with Gasteiger partial charge in [0.1, 0.15) is 17.1 Å². The number of ether oxygens (including phenoxy) is 1. The molecular formula is C30H28FNO4. The quantitative estimate of drug-likeness (QED) is 0.265. The van der Waals surface area contributed by atoms with Gasteiger partial charge in [0.05, 0.1) is 23.6 Å². The molecule has 2 heterocycles. The fourth-order valence-corrected chi connectivity index (χ4v) is 4.72. The molecule has 1 aliphatic rings. The van der Waals surface area contributed by atoms with E-state index in [0.29, 0.717) is 23.1 Å². The summed E-state index contributed by atoms with van der Waals surface area (Å²) >= 11 is 0. The van der Waals surface area contributed by atoms with Gasteiger partial charge in [-0.15, -0.1) is 0 Å². The molecule has 1 atom stereocenters. The Kier molecular flexibility index (Phi) is 6.59. The largest absolute Gasteiger partial charge is 0.494 e. The van der Waals surface area contributed by atoms with Crippen LogP contribution >= 0.6 is 0 Å². The number of rotatable bonds is 8. The van der Waals surface area contributed by atoms with Gasteiger partial charge in [0.25, 0.3) is 5.91 Å². The maximum Gasteiger partial charge on any atom is 0.291 e. The lowest BCUT2D eigenvalue weighted by molar-refractivity contribution is 0.0714. The van der Waals surface area contributed by atoms with E-state index in [1.54, 1.807) is 29.2 Å². The van der Waals surface area contributed by atoms with Crippen LogP contribution < -0.4 is 10.2 Å². The van der Waals surface area contributed by atoms with Gasteiger partial charge in [0.2, 0.25) is 5.76 Å². The summed E-state index contributed by atoms with van der Waals surface area (Å²) in [6.45, 7) is 4.91. The molecule has 1 amide bonds. The molecular weight excluding hydrogens is 457 g/mol. The van der Waals surface area contributed by atoms with Crippen LogP contribution in [0.3, 0.4) is 0 Å². The summed E-state index contributed by atoms with van der Waals surface area (Å²) < 4.78 is 25.4. The van der Waals surface area contributed by atoms with Crippen molar-refractivity contribution < 1.29 is 18.3 Å². The Labute approximate surface area is 209 Å². The van der Waals surface area contributed by atoms with Crippen LogP contribution in [0.1, 0.15) is 65.0 Å². The molecule has 3 aromatic carbocycles. The highest BCUT2D eigenvalue weighted by molar-refractivity contribution is 5.99. The standard InChI is InChI=1S/C30H28FNO4/c1-3-4-5-16-35-23-13-9-21(10-14-23)27-26-28(33)24-17-19(2)6-15-25(24)36-29(26)30(34)32(27)18-20-7-11-22(31)12-8-20/h6-15,17,27H,3-5,16,18H2,1-2H3. The second-order valence-electron chi connectivity index (χ2n) is 9.26. The number of aryl methyl sites for hydroxylation is 1. The highest BCUT2D eigenvalue weighted by atomic mass is 19.1. The predicted octanol–water partition coefficient (Wildman–Crippen LogP) is 6.55. The van der Waals surface area contributed by atoms with Gasteiger partial charge in [-0.25, -0.2) is 4.39 Å². The summed E-state index contributed by atoms with van der Waals surface area (Å²) in [5, 5.41) is 0.450. The van der Waals surface area contributed by atoms with Crippen LogP contribution in [0, 0.1) is 12.7 Å². The summed E-state index contributed by atoms with van der Waals surface area (Å²) in [6.07, 6.45) is 3.22. The van der Waals surface area contributed by atoms with E-state index in [-0.39, 0.29) is 29.5 Å². The molecule has 1 aliphatic heterocycles. The lowest BCUT2D eigenvalue weighted by Gasteiger charge is -2.25. The summed E-state index contributed by atoms with van der Waals surface area (Å²) in [7, 11) is 0. The third-order valence-corrected chi connectivity index (χ3v) is 6.60. The van der Waals surface area contributed by atoms with Crippen LogP contribution in [-0.4, -0.2) is 17.4 Å². The number of benzene rings is 3. The van der Waals surface area contributed by atoms with Gasteiger partial charge >= 0.3 is 0 Å². The topological polar surface area (TPSA) is 59.8 Å². The molecule has 184 valence electrons. The van der Waals surface area contributed by atoms with Crippen molar-refractivity contribution in [1.29, 1.82) is 0 Å². The van der Waals surface area contributed by atoms with Gasteiger partial charge in [0.15, 0.2) is 5.43 Å². The normalized spacial score (nSPS) is 14.9. The number of hydrogen-bond donors (Lipinski definition) is 0. The van der Waals surface area contributed by atoms with Crippen LogP contribution in [0.15, 0.2) is 75.9 Å². The van der Waals surface area contributed by atoms with Crippen LogP contribution in [0.5, 0.6) is 5.75 Å². The van der Waals surface area contributed by atoms with E-state index >= 15 is 0 Å². The molecule has 0 radical (unpaired) electrons. The first-order valence-electron chi connectivity index (χ1n) is 12.3. The lowest BCUT2D eigenvalue weighted by atomic mass is 9.98. The minimum atomic E-state index is -0.632. The molecule has 5 nitrogen and oxygen atoms in total. The highest BCUT2D eigenvalue weighted by Crippen LogP contribution is 2.39. The number of halogens is 1. The third kappa shape index (κ3) is 4.51. The first kappa shape index (κ1) is 23.8. The second kappa shape index (κ2) is 9.97. The minimum Gasteiger partial charge on any atom is -0.494 e. The van der Waals surface area contributed by atoms with Crippen LogP contribution in [0.4, 0.5) is 4.39 Å². The predicted molar refractivity (Wildman–Crippen MR) is 137 cm³/mol. The summed E-state index contributed by atoms with van der Waals surface area (Å²) in [6, 6.07) is 18.3. The van der Waals surface area contributed by atoms with Gasteiger partial charge in [-0.2, -0.15) is 0 Å². The third-order valence-electron chi connectivity index (χ3n) is 6.60. The van der Waals surface area contributed by atoms with Gasteiger partial charge in [0, 0.05) is 6.54 Å². The van der Waals surface area contributed by atoms with Crippen LogP contribution in [0.25, 0.3) is 11.0 Å². The smallest absolute Gasteiger partial charge is 0.291 e. The fourth-order valence-electron chi connectivity index (χ4n) is 4.72. The average Bonchev–Trinajstić information content (AvgIpc) is 3.15. The number of amides is 1. The lowest BCUT2D eigenvalue weighted by Crippen LogP contribution is -2.29. The van der Waals surface area contributed by atoms with E-state index in [0.717, 1.165) is 41.7 Å². The molecule has 4 aromatic rings. The Morgan fingerprint density at radius 1 is 0.972 bits per heavy atom. The van der Waals surface area contributed by atoms with Gasteiger partial charge in [-0.3, -0.25) is 9.59 Å². The van der Waals surface area contributed by atoms with E-state index in [9.17, 15) is 14.0 Å². The Morgan fingerprint density at radius 3 is 2.44 bits per heavy atom. The summed E-state index contributed by atoms with van der Waals surface area (Å²) in [5.41, 5.74) is 2.97. The van der Waals surface area contributed by atoms with Crippen molar-refractivity contribution in [2.45, 2.75) is 45.7 Å². The van der Waals surface area contributed by atoms with Crippen LogP contribution in [0.2, 0.25) is 0 Å². The van der Waals surface area contributed by atoms with E-state index < -0.39 is 6.04 Å². The second-order valence-corrected chi connectivity index (χ2v) is 9.26. The highest BCUT2D eigenvalue weighted by Gasteiger charge is 2.42. The maximum absolute atomic E-state index is 13.7. The molecule has 6 heteroatoms. The number of fused-ring (bicyclic) bond motifs is 2. The molecule has 0 spiro atoms. The van der Waals surface area contributed by atoms with Crippen molar-refractivity contribution in [1.82, 2.24) is 4.90 Å². The molecule has 0 fully saturated rings. The molecule has 1 unspecified atom stereocenters. The molecule has 0 bridgehead atoms. The van der Waals surface area contributed by atoms with Crippen molar-refractivity contribution in [3.05, 3.63) is 111 Å². The zero-order chi connectivity index (χ0) is 25.2. The average molecular weight is 486 g/mol. The summed E-state index contributed by atoms with van der Waals surface area (Å²) in [4.78, 5) is 28.9. The zero-order valence-electron chi connectivity index (χ0n) is 20.4. The van der Waals surface area contributed by atoms with Crippen molar-refractivity contribution in [3.63, 3.8) is 0 Å². The SMILES string of the molecule is CCCCCOc1ccc(C2c3c(oc4ccc(C)cc4c3=O)C(=O)N2Cc2ccc(F)cc2)cc1. The zero-order valence-corrected chi connectivity index (χ0v) is 20.4. The van der Waals surface area contributed by atoms with Gasteiger partial charge < -0.3 is 14.1 Å². The Hall–Kier alpha value is -3.93. The first-order chi connectivity index (χ1) is 17.5. The Balaban J connectivity index is 1.57. The van der Waals surface area contributed by atoms with E-state index in [2.05, 4.69) is 6.92 Å². The van der Waals surface area contributed by atoms with E-state index in [1.165, 1.54) is 12.1 Å². The molecule has 1 aromatic heterocycles. The van der Waals surface area contributed by atoms with Crippen molar-refractivity contribution >= 4 is 16.9 Å². The van der Waals surface area contributed by atoms with Gasteiger partial charge in [-0.1, -0.05) is 55.7 Å². The van der Waals surface area contributed by atoms with E-state index in [4.69, 9.17) is 9.15 Å². The maximum atomic E-state index is 13.7.